The zero-order valence-corrected chi connectivity index (χ0v) is 13.5. The van der Waals surface area contributed by atoms with Crippen LogP contribution in [-0.4, -0.2) is 38.3 Å². The molecule has 0 saturated carbocycles. The van der Waals surface area contributed by atoms with E-state index in [1.165, 1.54) is 0 Å². The molecule has 2 amide bonds. The van der Waals surface area contributed by atoms with Crippen molar-refractivity contribution in [3.8, 4) is 5.75 Å². The molecule has 124 valence electrons. The van der Waals surface area contributed by atoms with E-state index in [0.29, 0.717) is 26.3 Å². The molecule has 0 aliphatic carbocycles. The Morgan fingerprint density at radius 1 is 1.22 bits per heavy atom. The maximum absolute atomic E-state index is 12.1. The van der Waals surface area contributed by atoms with Crippen molar-refractivity contribution in [2.45, 2.75) is 13.1 Å². The lowest BCUT2D eigenvalue weighted by atomic mass is 10.2. The monoisotopic (exact) mass is 318 g/mol. The molecule has 0 unspecified atom stereocenters. The molecule has 6 nitrogen and oxygen atoms in total. The van der Waals surface area contributed by atoms with Crippen molar-refractivity contribution in [3.05, 3.63) is 54.0 Å². The third kappa shape index (κ3) is 5.34. The maximum atomic E-state index is 12.1. The fourth-order valence-electron chi connectivity index (χ4n) is 2.04. The van der Waals surface area contributed by atoms with Crippen LogP contribution in [0.2, 0.25) is 0 Å². The van der Waals surface area contributed by atoms with E-state index in [9.17, 15) is 4.79 Å². The van der Waals surface area contributed by atoms with E-state index < -0.39 is 0 Å². The van der Waals surface area contributed by atoms with Gasteiger partial charge in [0.15, 0.2) is 0 Å². The van der Waals surface area contributed by atoms with E-state index in [2.05, 4.69) is 5.32 Å². The minimum Gasteiger partial charge on any atom is -0.491 e. The van der Waals surface area contributed by atoms with Gasteiger partial charge in [-0.1, -0.05) is 18.2 Å². The van der Waals surface area contributed by atoms with Crippen LogP contribution in [-0.2, 0) is 17.8 Å². The number of benzene rings is 1. The van der Waals surface area contributed by atoms with E-state index in [1.54, 1.807) is 31.4 Å². The van der Waals surface area contributed by atoms with E-state index in [0.717, 1.165) is 17.1 Å². The summed E-state index contributed by atoms with van der Waals surface area (Å²) < 4.78 is 15.9. The van der Waals surface area contributed by atoms with Gasteiger partial charge in [-0.3, -0.25) is 0 Å². The van der Waals surface area contributed by atoms with Gasteiger partial charge in [0.05, 0.1) is 19.4 Å². The van der Waals surface area contributed by atoms with Crippen LogP contribution in [0.15, 0.2) is 47.1 Å². The first-order valence-corrected chi connectivity index (χ1v) is 7.41. The molecule has 23 heavy (non-hydrogen) atoms. The molecule has 1 aromatic heterocycles. The summed E-state index contributed by atoms with van der Waals surface area (Å²) in [5.74, 6) is 1.49. The van der Waals surface area contributed by atoms with Gasteiger partial charge in [0.25, 0.3) is 0 Å². The van der Waals surface area contributed by atoms with Gasteiger partial charge >= 0.3 is 6.03 Å². The van der Waals surface area contributed by atoms with Crippen molar-refractivity contribution in [3.63, 3.8) is 0 Å². The Morgan fingerprint density at radius 2 is 2.04 bits per heavy atom. The van der Waals surface area contributed by atoms with Gasteiger partial charge in [0.2, 0.25) is 0 Å². The number of amides is 2. The van der Waals surface area contributed by atoms with Crippen LogP contribution in [0.4, 0.5) is 4.79 Å². The quantitative estimate of drug-likeness (QED) is 0.760. The van der Waals surface area contributed by atoms with Gasteiger partial charge in [0, 0.05) is 26.3 Å². The summed E-state index contributed by atoms with van der Waals surface area (Å²) in [6.45, 7) is 1.81. The molecule has 6 heteroatoms. The highest BCUT2D eigenvalue weighted by molar-refractivity contribution is 5.73. The number of carbonyl (C=O) groups is 1. The Hall–Kier alpha value is -2.47. The number of hydrogen-bond acceptors (Lipinski definition) is 4. The lowest BCUT2D eigenvalue weighted by molar-refractivity contribution is 0.145. The summed E-state index contributed by atoms with van der Waals surface area (Å²) >= 11 is 0. The minimum atomic E-state index is -0.173. The van der Waals surface area contributed by atoms with Crippen LogP contribution in [0.3, 0.4) is 0 Å². The zero-order valence-electron chi connectivity index (χ0n) is 13.5. The van der Waals surface area contributed by atoms with Gasteiger partial charge in [-0.05, 0) is 18.2 Å². The maximum Gasteiger partial charge on any atom is 0.317 e. The van der Waals surface area contributed by atoms with Gasteiger partial charge in [0.1, 0.15) is 18.1 Å². The summed E-state index contributed by atoms with van der Waals surface area (Å²) in [7, 11) is 3.35. The van der Waals surface area contributed by atoms with Gasteiger partial charge in [-0.2, -0.15) is 0 Å². The molecular formula is C17H22N2O4. The summed E-state index contributed by atoms with van der Waals surface area (Å²) in [5, 5.41) is 2.88. The number of nitrogens with zero attached hydrogens (tertiary/aromatic N) is 1. The second-order valence-corrected chi connectivity index (χ2v) is 5.04. The van der Waals surface area contributed by atoms with E-state index in [-0.39, 0.29) is 6.03 Å². The van der Waals surface area contributed by atoms with E-state index in [4.69, 9.17) is 13.9 Å². The number of nitrogens with one attached hydrogen (secondary N) is 1. The standard InChI is InChI=1S/C17H22N2O4/c1-19(13-15-7-5-9-22-15)17(20)18-12-14-6-3-4-8-16(14)23-11-10-21-2/h3-9H,10-13H2,1-2H3,(H,18,20). The van der Waals surface area contributed by atoms with Gasteiger partial charge < -0.3 is 24.1 Å². The molecule has 2 aromatic rings. The van der Waals surface area contributed by atoms with Crippen molar-refractivity contribution in [1.82, 2.24) is 10.2 Å². The largest absolute Gasteiger partial charge is 0.491 e. The molecule has 0 aliphatic rings. The number of ether oxygens (including phenoxy) is 2. The first-order valence-electron chi connectivity index (χ1n) is 7.41. The second kappa shape index (κ2) is 8.85. The summed E-state index contributed by atoms with van der Waals surface area (Å²) in [5.41, 5.74) is 0.920. The Morgan fingerprint density at radius 3 is 2.78 bits per heavy atom. The predicted molar refractivity (Wildman–Crippen MR) is 86.2 cm³/mol. The molecular weight excluding hydrogens is 296 g/mol. The molecule has 2 rings (SSSR count). The normalized spacial score (nSPS) is 10.3. The molecule has 0 fully saturated rings. The Labute approximate surface area is 136 Å². The zero-order chi connectivity index (χ0) is 16.5. The fourth-order valence-corrected chi connectivity index (χ4v) is 2.04. The molecule has 0 atom stereocenters. The molecule has 1 aromatic carbocycles. The van der Waals surface area contributed by atoms with Crippen molar-refractivity contribution in [2.24, 2.45) is 0 Å². The van der Waals surface area contributed by atoms with Gasteiger partial charge in [-0.25, -0.2) is 4.79 Å². The number of rotatable bonds is 8. The highest BCUT2D eigenvalue weighted by atomic mass is 16.5. The van der Waals surface area contributed by atoms with Crippen LogP contribution in [0.5, 0.6) is 5.75 Å². The average molecular weight is 318 g/mol. The summed E-state index contributed by atoms with van der Waals surface area (Å²) in [4.78, 5) is 13.7. The second-order valence-electron chi connectivity index (χ2n) is 5.04. The van der Waals surface area contributed by atoms with Crippen molar-refractivity contribution in [1.29, 1.82) is 0 Å². The highest BCUT2D eigenvalue weighted by Crippen LogP contribution is 2.17. The number of furan rings is 1. The number of urea groups is 1. The molecule has 0 bridgehead atoms. The van der Waals surface area contributed by atoms with Crippen LogP contribution >= 0.6 is 0 Å². The van der Waals surface area contributed by atoms with Crippen molar-refractivity contribution in [2.75, 3.05) is 27.4 Å². The number of carbonyl (C=O) groups excluding carboxylic acids is 1. The van der Waals surface area contributed by atoms with Crippen molar-refractivity contribution < 1.29 is 18.7 Å². The van der Waals surface area contributed by atoms with Crippen LogP contribution in [0.25, 0.3) is 0 Å². The van der Waals surface area contributed by atoms with E-state index >= 15 is 0 Å². The summed E-state index contributed by atoms with van der Waals surface area (Å²) in [6, 6.07) is 11.1. The lowest BCUT2D eigenvalue weighted by Crippen LogP contribution is -2.36. The molecule has 0 saturated heterocycles. The van der Waals surface area contributed by atoms with Crippen molar-refractivity contribution >= 4 is 6.03 Å². The lowest BCUT2D eigenvalue weighted by Gasteiger charge is -2.17. The molecule has 1 heterocycles. The number of methoxy groups -OCH3 is 1. The first-order chi connectivity index (χ1) is 11.2. The third-order valence-corrected chi connectivity index (χ3v) is 3.27. The third-order valence-electron chi connectivity index (χ3n) is 3.27. The molecule has 0 radical (unpaired) electrons. The van der Waals surface area contributed by atoms with Crippen LogP contribution in [0, 0.1) is 0 Å². The van der Waals surface area contributed by atoms with Gasteiger partial charge in [-0.15, -0.1) is 0 Å². The fraction of sp³-hybridized carbons (Fsp3) is 0.353. The average Bonchev–Trinajstić information content (AvgIpc) is 3.06. The Balaban J connectivity index is 1.86. The molecule has 0 spiro atoms. The Bertz CT molecular complexity index is 598. The van der Waals surface area contributed by atoms with E-state index in [1.807, 2.05) is 30.3 Å². The minimum absolute atomic E-state index is 0.173. The first kappa shape index (κ1) is 16.9. The Kier molecular flexibility index (Phi) is 6.50. The molecule has 1 N–H and O–H groups in total. The van der Waals surface area contributed by atoms with Crippen LogP contribution in [0.1, 0.15) is 11.3 Å². The number of hydrogen-bond donors (Lipinski definition) is 1. The SMILES string of the molecule is COCCOc1ccccc1CNC(=O)N(C)Cc1ccco1. The summed E-state index contributed by atoms with van der Waals surface area (Å²) in [6.07, 6.45) is 1.59. The highest BCUT2D eigenvalue weighted by Gasteiger charge is 2.11. The number of para-hydroxylation sites is 1. The smallest absolute Gasteiger partial charge is 0.317 e. The molecule has 0 aliphatic heterocycles. The predicted octanol–water partition coefficient (Wildman–Crippen LogP) is 2.65. The van der Waals surface area contributed by atoms with Crippen LogP contribution < -0.4 is 10.1 Å². The topological polar surface area (TPSA) is 63.9 Å².